The van der Waals surface area contributed by atoms with Crippen molar-refractivity contribution in [1.29, 1.82) is 0 Å². The summed E-state index contributed by atoms with van der Waals surface area (Å²) in [5.41, 5.74) is 6.12. The number of thioether (sulfide) groups is 1. The fourth-order valence-electron chi connectivity index (χ4n) is 4.26. The highest BCUT2D eigenvalue weighted by molar-refractivity contribution is 7.98. The number of hydrogen-bond acceptors (Lipinski definition) is 10. The summed E-state index contributed by atoms with van der Waals surface area (Å²) in [4.78, 5) is 95.9. The first-order valence-electron chi connectivity index (χ1n) is 15.7. The second-order valence-corrected chi connectivity index (χ2v) is 12.9. The molecule has 0 aliphatic carbocycles. The van der Waals surface area contributed by atoms with Gasteiger partial charge in [0.15, 0.2) is 0 Å². The number of carbonyl (C=O) groups excluding carboxylic acids is 6. The van der Waals surface area contributed by atoms with Crippen molar-refractivity contribution >= 4 is 53.2 Å². The van der Waals surface area contributed by atoms with E-state index in [2.05, 4.69) is 41.9 Å². The summed E-state index contributed by atoms with van der Waals surface area (Å²) in [5.74, 6) is -5.37. The Morgan fingerprint density at radius 2 is 1.48 bits per heavy atom. The molecule has 0 fully saturated rings. The number of aromatic amines is 1. The van der Waals surface area contributed by atoms with E-state index in [1.165, 1.54) is 38.1 Å². The molecule has 1 aromatic heterocycles. The number of H-pyrrole nitrogens is 1. The zero-order valence-corrected chi connectivity index (χ0v) is 29.4. The van der Waals surface area contributed by atoms with Crippen LogP contribution in [-0.2, 0) is 40.0 Å². The van der Waals surface area contributed by atoms with Gasteiger partial charge in [-0.1, -0.05) is 34.1 Å². The smallest absolute Gasteiger partial charge is 0.325 e. The zero-order valence-electron chi connectivity index (χ0n) is 28.5. The number of carbonyl (C=O) groups is 7. The van der Waals surface area contributed by atoms with Crippen molar-refractivity contribution in [2.75, 3.05) is 18.6 Å². The first-order chi connectivity index (χ1) is 22.5. The quantitative estimate of drug-likeness (QED) is 0.0706. The molecule has 270 valence electrons. The Balaban J connectivity index is 3.07. The molecule has 10 N–H and O–H groups in total. The molecule has 1 aromatic rings. The van der Waals surface area contributed by atoms with Gasteiger partial charge in [0.25, 0.3) is 0 Å². The van der Waals surface area contributed by atoms with Crippen molar-refractivity contribution in [1.82, 2.24) is 41.9 Å². The number of imidazole rings is 1. The van der Waals surface area contributed by atoms with Gasteiger partial charge in [-0.15, -0.1) is 0 Å². The Hall–Kier alpha value is -4.19. The summed E-state index contributed by atoms with van der Waals surface area (Å²) in [5, 5.41) is 24.5. The predicted molar refractivity (Wildman–Crippen MR) is 179 cm³/mol. The van der Waals surface area contributed by atoms with E-state index in [4.69, 9.17) is 5.73 Å². The van der Waals surface area contributed by atoms with Gasteiger partial charge in [-0.3, -0.25) is 33.6 Å². The van der Waals surface area contributed by atoms with E-state index in [-0.39, 0.29) is 18.8 Å². The van der Waals surface area contributed by atoms with E-state index in [1.807, 2.05) is 13.2 Å². The van der Waals surface area contributed by atoms with E-state index in [9.17, 15) is 38.7 Å². The summed E-state index contributed by atoms with van der Waals surface area (Å²) in [6.07, 6.45) is 5.39. The van der Waals surface area contributed by atoms with Crippen LogP contribution in [0.4, 0.5) is 0 Å². The molecular weight excluding hydrogens is 646 g/mol. The maximum absolute atomic E-state index is 13.5. The largest absolute Gasteiger partial charge is 0.480 e. The monoisotopic (exact) mass is 697 g/mol. The van der Waals surface area contributed by atoms with Gasteiger partial charge in [0.05, 0.1) is 18.9 Å². The fourth-order valence-corrected chi connectivity index (χ4v) is 4.73. The van der Waals surface area contributed by atoms with Crippen LogP contribution in [0.15, 0.2) is 12.5 Å². The van der Waals surface area contributed by atoms with Crippen LogP contribution in [0.25, 0.3) is 0 Å². The topological polar surface area (TPSA) is 267 Å². The lowest BCUT2D eigenvalue weighted by Crippen LogP contribution is -2.59. The summed E-state index contributed by atoms with van der Waals surface area (Å²) in [6, 6.07) is -6.39. The summed E-state index contributed by atoms with van der Waals surface area (Å²) < 4.78 is 0. The molecule has 0 aliphatic rings. The van der Waals surface area contributed by atoms with Crippen molar-refractivity contribution in [3.63, 3.8) is 0 Å². The number of amides is 6. The van der Waals surface area contributed by atoms with Crippen molar-refractivity contribution in [3.05, 3.63) is 18.2 Å². The number of nitrogens with two attached hydrogens (primary N) is 1. The van der Waals surface area contributed by atoms with Gasteiger partial charge in [-0.05, 0) is 44.1 Å². The molecule has 18 heteroatoms. The van der Waals surface area contributed by atoms with Crippen LogP contribution in [0.1, 0.15) is 60.1 Å². The van der Waals surface area contributed by atoms with Gasteiger partial charge >= 0.3 is 5.97 Å². The van der Waals surface area contributed by atoms with Crippen LogP contribution < -0.4 is 37.6 Å². The number of rotatable bonds is 21. The lowest BCUT2D eigenvalue weighted by Gasteiger charge is -2.27. The highest BCUT2D eigenvalue weighted by Crippen LogP contribution is 2.09. The van der Waals surface area contributed by atoms with E-state index in [0.717, 1.165) is 0 Å². The lowest BCUT2D eigenvalue weighted by atomic mass is 9.98. The number of carboxylic acids is 1. The minimum Gasteiger partial charge on any atom is -0.480 e. The van der Waals surface area contributed by atoms with E-state index in [1.54, 1.807) is 20.8 Å². The number of hydrogen-bond donors (Lipinski definition) is 9. The molecule has 0 unspecified atom stereocenters. The average Bonchev–Trinajstić information content (AvgIpc) is 3.54. The van der Waals surface area contributed by atoms with Crippen LogP contribution in [0, 0.1) is 11.8 Å². The molecule has 6 amide bonds. The Morgan fingerprint density at radius 3 is 2.00 bits per heavy atom. The van der Waals surface area contributed by atoms with E-state index >= 15 is 0 Å². The van der Waals surface area contributed by atoms with Gasteiger partial charge in [-0.2, -0.15) is 11.8 Å². The highest BCUT2D eigenvalue weighted by atomic mass is 32.2. The number of nitrogens with one attached hydrogen (secondary N) is 7. The number of aromatic nitrogens is 2. The molecule has 17 nitrogen and oxygen atoms in total. The van der Waals surface area contributed by atoms with Crippen LogP contribution in [0.2, 0.25) is 0 Å². The van der Waals surface area contributed by atoms with E-state index < -0.39 is 90.1 Å². The van der Waals surface area contributed by atoms with Gasteiger partial charge in [0, 0.05) is 18.3 Å². The lowest BCUT2D eigenvalue weighted by molar-refractivity contribution is -0.141. The van der Waals surface area contributed by atoms with Crippen LogP contribution in [0.3, 0.4) is 0 Å². The van der Waals surface area contributed by atoms with Gasteiger partial charge < -0.3 is 47.7 Å². The first kappa shape index (κ1) is 41.8. The minimum absolute atomic E-state index is 0.0427. The molecule has 0 radical (unpaired) electrons. The normalized spacial score (nSPS) is 15.4. The molecular formula is C30H51N9O8S. The molecule has 0 saturated heterocycles. The predicted octanol–water partition coefficient (Wildman–Crippen LogP) is -1.60. The maximum Gasteiger partial charge on any atom is 0.325 e. The second kappa shape index (κ2) is 20.9. The van der Waals surface area contributed by atoms with Crippen molar-refractivity contribution in [2.45, 2.75) is 97.1 Å². The molecule has 1 rings (SSSR count). The van der Waals surface area contributed by atoms with E-state index in [0.29, 0.717) is 17.9 Å². The SMILES string of the molecule is CC[C@H](C)[C@H](NC(=O)[C@H](C)N)C(=O)NCC(=O)N[C@H](C(=O)N[C@@H](Cc1cnc[nH]1)C(=O)N[C@@H](CCSC)C(=O)N[C@@H](C)C(=O)O)C(C)C. The summed E-state index contributed by atoms with van der Waals surface area (Å²) >= 11 is 1.43. The third-order valence-electron chi connectivity index (χ3n) is 7.48. The molecule has 48 heavy (non-hydrogen) atoms. The summed E-state index contributed by atoms with van der Waals surface area (Å²) in [7, 11) is 0. The van der Waals surface area contributed by atoms with Crippen LogP contribution in [0.5, 0.6) is 0 Å². The van der Waals surface area contributed by atoms with Gasteiger partial charge in [-0.25, -0.2) is 4.98 Å². The van der Waals surface area contributed by atoms with Gasteiger partial charge in [0.1, 0.15) is 30.2 Å². The van der Waals surface area contributed by atoms with Crippen molar-refractivity contribution < 1.29 is 38.7 Å². The van der Waals surface area contributed by atoms with Crippen molar-refractivity contribution in [3.8, 4) is 0 Å². The molecule has 0 saturated carbocycles. The number of carboxylic acid groups (broad SMARTS) is 1. The Bertz CT molecular complexity index is 1240. The summed E-state index contributed by atoms with van der Waals surface area (Å²) in [6.45, 7) is 9.28. The molecule has 1 heterocycles. The molecule has 0 aliphatic heterocycles. The fraction of sp³-hybridized carbons (Fsp3) is 0.667. The number of nitrogens with zero attached hydrogens (tertiary/aromatic N) is 1. The number of aliphatic carboxylic acids is 1. The van der Waals surface area contributed by atoms with Crippen LogP contribution in [-0.4, -0.2) is 111 Å². The van der Waals surface area contributed by atoms with Crippen LogP contribution >= 0.6 is 11.8 Å². The minimum atomic E-state index is -1.24. The first-order valence-corrected chi connectivity index (χ1v) is 17.1. The molecule has 7 atom stereocenters. The Kier molecular flexibility index (Phi) is 18.2. The molecule has 0 bridgehead atoms. The standard InChI is InChI=1S/C30H51N9O8S/c1-8-16(4)24(39-25(41)17(5)31)28(44)33-13-22(40)38-23(15(2)3)29(45)37-21(11-19-12-32-14-34-19)27(43)36-20(9-10-48-7)26(42)35-18(6)30(46)47/h12,14-18,20-21,23-24H,8-11,13,31H2,1-7H3,(H,32,34)(H,33,44)(H,35,42)(H,36,43)(H,37,45)(H,38,40)(H,39,41)(H,46,47)/t16-,17-,18-,20-,21-,23-,24-/m0/s1. The maximum atomic E-state index is 13.5. The van der Waals surface area contributed by atoms with Gasteiger partial charge in [0.2, 0.25) is 35.4 Å². The average molecular weight is 698 g/mol. The molecule has 0 spiro atoms. The Morgan fingerprint density at radius 1 is 0.854 bits per heavy atom. The van der Waals surface area contributed by atoms with Crippen molar-refractivity contribution in [2.24, 2.45) is 17.6 Å². The third kappa shape index (κ3) is 14.3. The highest BCUT2D eigenvalue weighted by Gasteiger charge is 2.33. The molecule has 0 aromatic carbocycles. The zero-order chi connectivity index (χ0) is 36.6. The Labute approximate surface area is 284 Å². The second-order valence-electron chi connectivity index (χ2n) is 11.9. The third-order valence-corrected chi connectivity index (χ3v) is 8.12.